The van der Waals surface area contributed by atoms with Crippen LogP contribution in [0.2, 0.25) is 10.0 Å². The number of hydrogen-bond acceptors (Lipinski definition) is 2. The van der Waals surface area contributed by atoms with Gasteiger partial charge in [0.2, 0.25) is 5.95 Å². The minimum Gasteiger partial charge on any atom is -0.325 e. The largest absolute Gasteiger partial charge is 0.325 e. The van der Waals surface area contributed by atoms with Crippen LogP contribution in [0.5, 0.6) is 0 Å². The highest BCUT2D eigenvalue weighted by molar-refractivity contribution is 6.35. The van der Waals surface area contributed by atoms with Crippen LogP contribution >= 0.6 is 23.2 Å². The highest BCUT2D eigenvalue weighted by Crippen LogP contribution is 2.27. The normalized spacial score (nSPS) is 10.5. The topological polar surface area (TPSA) is 29.9 Å². The predicted molar refractivity (Wildman–Crippen MR) is 83.3 cm³/mol. The molecular formula is C15H11Cl2N3. The summed E-state index contributed by atoms with van der Waals surface area (Å²) in [5.41, 5.74) is 1.79. The molecule has 0 amide bonds. The van der Waals surface area contributed by atoms with E-state index >= 15 is 0 Å². The average molecular weight is 304 g/mol. The molecule has 3 rings (SSSR count). The summed E-state index contributed by atoms with van der Waals surface area (Å²) >= 11 is 12.2. The second-order valence-corrected chi connectivity index (χ2v) is 5.05. The average Bonchev–Trinajstić information content (AvgIpc) is 2.88. The molecule has 1 heterocycles. The van der Waals surface area contributed by atoms with Gasteiger partial charge in [-0.25, -0.2) is 4.98 Å². The Morgan fingerprint density at radius 2 is 1.80 bits per heavy atom. The van der Waals surface area contributed by atoms with Gasteiger partial charge in [-0.15, -0.1) is 0 Å². The Bertz CT molecular complexity index is 723. The molecule has 0 saturated heterocycles. The van der Waals surface area contributed by atoms with E-state index in [-0.39, 0.29) is 0 Å². The first-order chi connectivity index (χ1) is 9.74. The molecule has 0 saturated carbocycles. The third kappa shape index (κ3) is 2.64. The number of para-hydroxylation sites is 1. The molecule has 20 heavy (non-hydrogen) atoms. The lowest BCUT2D eigenvalue weighted by Crippen LogP contribution is -2.01. The van der Waals surface area contributed by atoms with Crippen LogP contribution in [0.4, 0.5) is 11.6 Å². The molecule has 0 aliphatic carbocycles. The molecule has 0 fully saturated rings. The van der Waals surface area contributed by atoms with E-state index in [1.165, 1.54) is 0 Å². The van der Waals surface area contributed by atoms with Gasteiger partial charge in [0.1, 0.15) is 0 Å². The van der Waals surface area contributed by atoms with Crippen molar-refractivity contribution in [2.45, 2.75) is 0 Å². The monoisotopic (exact) mass is 303 g/mol. The molecule has 0 radical (unpaired) electrons. The summed E-state index contributed by atoms with van der Waals surface area (Å²) in [7, 11) is 0. The van der Waals surface area contributed by atoms with Gasteiger partial charge in [0.25, 0.3) is 0 Å². The summed E-state index contributed by atoms with van der Waals surface area (Å²) in [5, 5.41) is 4.44. The van der Waals surface area contributed by atoms with E-state index in [9.17, 15) is 0 Å². The molecule has 1 N–H and O–H groups in total. The number of rotatable bonds is 3. The molecule has 0 aliphatic heterocycles. The zero-order valence-corrected chi connectivity index (χ0v) is 11.9. The number of benzene rings is 2. The van der Waals surface area contributed by atoms with Gasteiger partial charge < -0.3 is 5.32 Å². The number of nitrogens with zero attached hydrogens (tertiary/aromatic N) is 2. The molecule has 3 nitrogen and oxygen atoms in total. The van der Waals surface area contributed by atoms with E-state index in [1.54, 1.807) is 18.3 Å². The lowest BCUT2D eigenvalue weighted by Gasteiger charge is -2.11. The molecule has 3 aromatic rings. The first kappa shape index (κ1) is 13.0. The number of nitrogens with one attached hydrogen (secondary N) is 1. The van der Waals surface area contributed by atoms with Crippen molar-refractivity contribution in [3.8, 4) is 5.69 Å². The maximum Gasteiger partial charge on any atom is 0.212 e. The fraction of sp³-hybridized carbons (Fsp3) is 0. The van der Waals surface area contributed by atoms with Crippen molar-refractivity contribution in [2.75, 3.05) is 5.32 Å². The molecule has 0 spiro atoms. The molecular weight excluding hydrogens is 293 g/mol. The van der Waals surface area contributed by atoms with Gasteiger partial charge in [0.05, 0.1) is 10.7 Å². The molecule has 2 aromatic carbocycles. The minimum atomic E-state index is 0.576. The first-order valence-corrected chi connectivity index (χ1v) is 6.80. The van der Waals surface area contributed by atoms with Crippen molar-refractivity contribution in [3.05, 3.63) is 71.0 Å². The maximum atomic E-state index is 6.24. The standard InChI is InChI=1S/C15H11Cl2N3/c16-11-6-7-14(13(17)10-11)20-9-8-18-15(20)19-12-4-2-1-3-5-12/h1-10H,(H,18,19). The van der Waals surface area contributed by atoms with Crippen molar-refractivity contribution in [1.29, 1.82) is 0 Å². The molecule has 0 atom stereocenters. The van der Waals surface area contributed by atoms with Gasteiger partial charge in [-0.1, -0.05) is 41.4 Å². The summed E-state index contributed by atoms with van der Waals surface area (Å²) < 4.78 is 1.88. The van der Waals surface area contributed by atoms with E-state index in [2.05, 4.69) is 10.3 Å². The maximum absolute atomic E-state index is 6.24. The number of anilines is 2. The zero-order chi connectivity index (χ0) is 13.9. The van der Waals surface area contributed by atoms with Crippen molar-refractivity contribution in [1.82, 2.24) is 9.55 Å². The Labute approximate surface area is 126 Å². The van der Waals surface area contributed by atoms with Crippen LogP contribution in [-0.2, 0) is 0 Å². The highest BCUT2D eigenvalue weighted by Gasteiger charge is 2.09. The van der Waals surface area contributed by atoms with Crippen LogP contribution in [0.3, 0.4) is 0 Å². The number of aromatic nitrogens is 2. The minimum absolute atomic E-state index is 0.576. The zero-order valence-electron chi connectivity index (χ0n) is 10.4. The Morgan fingerprint density at radius 3 is 2.55 bits per heavy atom. The second kappa shape index (κ2) is 5.57. The van der Waals surface area contributed by atoms with Gasteiger partial charge >= 0.3 is 0 Å². The predicted octanol–water partition coefficient (Wildman–Crippen LogP) is 4.92. The van der Waals surface area contributed by atoms with Crippen molar-refractivity contribution in [3.63, 3.8) is 0 Å². The Hall–Kier alpha value is -1.97. The summed E-state index contributed by atoms with van der Waals surface area (Å²) in [5.74, 6) is 0.695. The van der Waals surface area contributed by atoms with Crippen molar-refractivity contribution in [2.24, 2.45) is 0 Å². The molecule has 1 aromatic heterocycles. The van der Waals surface area contributed by atoms with Gasteiger partial charge in [0, 0.05) is 23.1 Å². The highest BCUT2D eigenvalue weighted by atomic mass is 35.5. The molecule has 0 aliphatic rings. The third-order valence-electron chi connectivity index (χ3n) is 2.84. The van der Waals surface area contributed by atoms with Crippen molar-refractivity contribution < 1.29 is 0 Å². The van der Waals surface area contributed by atoms with Crippen LogP contribution in [0.1, 0.15) is 0 Å². The summed E-state index contributed by atoms with van der Waals surface area (Å²) in [4.78, 5) is 4.31. The molecule has 0 unspecified atom stereocenters. The van der Waals surface area contributed by atoms with Gasteiger partial charge in [-0.3, -0.25) is 4.57 Å². The van der Waals surface area contributed by atoms with Gasteiger partial charge in [-0.2, -0.15) is 0 Å². The lowest BCUT2D eigenvalue weighted by atomic mass is 10.3. The van der Waals surface area contributed by atoms with E-state index in [0.29, 0.717) is 16.0 Å². The first-order valence-electron chi connectivity index (χ1n) is 6.05. The fourth-order valence-corrected chi connectivity index (χ4v) is 2.42. The molecule has 0 bridgehead atoms. The van der Waals surface area contributed by atoms with Crippen LogP contribution in [-0.4, -0.2) is 9.55 Å². The summed E-state index contributed by atoms with van der Waals surface area (Å²) in [6, 6.07) is 15.2. The van der Waals surface area contributed by atoms with Gasteiger partial charge in [-0.05, 0) is 30.3 Å². The summed E-state index contributed by atoms with van der Waals surface area (Å²) in [6.07, 6.45) is 3.57. The van der Waals surface area contributed by atoms with E-state index in [4.69, 9.17) is 23.2 Å². The second-order valence-electron chi connectivity index (χ2n) is 4.21. The van der Waals surface area contributed by atoms with Crippen LogP contribution in [0, 0.1) is 0 Å². The molecule has 100 valence electrons. The van der Waals surface area contributed by atoms with Crippen LogP contribution < -0.4 is 5.32 Å². The molecule has 5 heteroatoms. The summed E-state index contributed by atoms with van der Waals surface area (Å²) in [6.45, 7) is 0. The van der Waals surface area contributed by atoms with Crippen LogP contribution in [0.15, 0.2) is 60.9 Å². The van der Waals surface area contributed by atoms with E-state index < -0.39 is 0 Å². The van der Waals surface area contributed by atoms with Gasteiger partial charge in [0.15, 0.2) is 0 Å². The quantitative estimate of drug-likeness (QED) is 0.744. The SMILES string of the molecule is Clc1ccc(-n2ccnc2Nc2ccccc2)c(Cl)c1. The Balaban J connectivity index is 1.98. The van der Waals surface area contributed by atoms with Crippen molar-refractivity contribution >= 4 is 34.8 Å². The third-order valence-corrected chi connectivity index (χ3v) is 3.38. The smallest absolute Gasteiger partial charge is 0.212 e. The number of halogens is 2. The number of imidazole rings is 1. The Kier molecular flexibility index (Phi) is 3.63. The van der Waals surface area contributed by atoms with Crippen LogP contribution in [0.25, 0.3) is 5.69 Å². The number of hydrogen-bond donors (Lipinski definition) is 1. The van der Waals surface area contributed by atoms with E-state index in [0.717, 1.165) is 11.4 Å². The fourth-order valence-electron chi connectivity index (χ4n) is 1.92. The Morgan fingerprint density at radius 1 is 1.00 bits per heavy atom. The van der Waals surface area contributed by atoms with E-state index in [1.807, 2.05) is 47.2 Å². The lowest BCUT2D eigenvalue weighted by molar-refractivity contribution is 1.06.